The average Bonchev–Trinajstić information content (AvgIpc) is 2.49. The number of hydrogen-bond donors (Lipinski definition) is 1. The maximum atomic E-state index is 12.9. The lowest BCUT2D eigenvalue weighted by atomic mass is 9.97. The molecule has 4 nitrogen and oxygen atoms in total. The number of hydrogen-bond acceptors (Lipinski definition) is 3. The van der Waals surface area contributed by atoms with Gasteiger partial charge in [-0.3, -0.25) is 0 Å². The second kappa shape index (κ2) is 6.46. The van der Waals surface area contributed by atoms with Crippen molar-refractivity contribution in [3.8, 4) is 0 Å². The fourth-order valence-electron chi connectivity index (χ4n) is 2.84. The van der Waals surface area contributed by atoms with Crippen molar-refractivity contribution in [1.82, 2.24) is 4.31 Å². The summed E-state index contributed by atoms with van der Waals surface area (Å²) < 4.78 is 27.3. The Kier molecular flexibility index (Phi) is 5.07. The molecule has 1 N–H and O–H groups in total. The minimum Gasteiger partial charge on any atom is -0.388 e. The molecule has 1 fully saturated rings. The number of rotatable bonds is 4. The molecule has 1 heterocycles. The van der Waals surface area contributed by atoms with Gasteiger partial charge in [0.25, 0.3) is 0 Å². The van der Waals surface area contributed by atoms with Gasteiger partial charge in [-0.15, -0.1) is 0 Å². The van der Waals surface area contributed by atoms with Crippen LogP contribution in [0.5, 0.6) is 0 Å². The van der Waals surface area contributed by atoms with Gasteiger partial charge < -0.3 is 5.11 Å². The van der Waals surface area contributed by atoms with Gasteiger partial charge in [-0.05, 0) is 49.8 Å². The molecule has 1 aromatic carbocycles. The Labute approximate surface area is 127 Å². The fraction of sp³-hybridized carbons (Fsp3) is 0.625. The molecule has 0 radical (unpaired) electrons. The Balaban J connectivity index is 2.35. The second-order valence-electron chi connectivity index (χ2n) is 6.10. The van der Waals surface area contributed by atoms with E-state index in [1.54, 1.807) is 28.6 Å². The topological polar surface area (TPSA) is 57.6 Å². The van der Waals surface area contributed by atoms with Crippen LogP contribution in [-0.4, -0.2) is 30.4 Å². The monoisotopic (exact) mass is 311 g/mol. The van der Waals surface area contributed by atoms with Gasteiger partial charge in [-0.1, -0.05) is 26.0 Å². The standard InChI is InChI=1S/C16H25NO3S/c1-4-16(18)14-6-5-7-15(10-14)21(19,20)17-11-12(2)8-9-13(17)3/h5-7,10,12-13,16,18H,4,8-9,11H2,1-3H3. The Hall–Kier alpha value is -0.910. The zero-order valence-electron chi connectivity index (χ0n) is 13.0. The van der Waals surface area contributed by atoms with Crippen molar-refractivity contribution in [3.63, 3.8) is 0 Å². The van der Waals surface area contributed by atoms with Crippen LogP contribution < -0.4 is 0 Å². The minimum absolute atomic E-state index is 0.0333. The normalized spacial score (nSPS) is 25.7. The summed E-state index contributed by atoms with van der Waals surface area (Å²) in [5, 5.41) is 9.92. The van der Waals surface area contributed by atoms with Gasteiger partial charge in [0.15, 0.2) is 0 Å². The third kappa shape index (κ3) is 3.47. The van der Waals surface area contributed by atoms with E-state index >= 15 is 0 Å². The predicted octanol–water partition coefficient (Wildman–Crippen LogP) is 2.94. The molecule has 0 aromatic heterocycles. The first-order valence-electron chi connectivity index (χ1n) is 7.66. The number of sulfonamides is 1. The molecule has 3 atom stereocenters. The van der Waals surface area contributed by atoms with E-state index in [1.807, 2.05) is 13.8 Å². The Morgan fingerprint density at radius 1 is 1.33 bits per heavy atom. The highest BCUT2D eigenvalue weighted by Gasteiger charge is 2.33. The van der Waals surface area contributed by atoms with Gasteiger partial charge in [0.05, 0.1) is 11.0 Å². The quantitative estimate of drug-likeness (QED) is 0.930. The molecule has 1 saturated heterocycles. The summed E-state index contributed by atoms with van der Waals surface area (Å²) >= 11 is 0. The van der Waals surface area contributed by atoms with Crippen LogP contribution in [-0.2, 0) is 10.0 Å². The first-order chi connectivity index (χ1) is 9.86. The van der Waals surface area contributed by atoms with E-state index in [0.29, 0.717) is 24.4 Å². The molecule has 5 heteroatoms. The van der Waals surface area contributed by atoms with Crippen LogP contribution in [0.2, 0.25) is 0 Å². The maximum Gasteiger partial charge on any atom is 0.243 e. The molecule has 1 aromatic rings. The zero-order chi connectivity index (χ0) is 15.6. The van der Waals surface area contributed by atoms with Crippen molar-refractivity contribution in [2.75, 3.05) is 6.54 Å². The van der Waals surface area contributed by atoms with E-state index in [9.17, 15) is 13.5 Å². The van der Waals surface area contributed by atoms with E-state index in [4.69, 9.17) is 0 Å². The molecule has 118 valence electrons. The second-order valence-corrected chi connectivity index (χ2v) is 7.99. The number of aliphatic hydroxyl groups is 1. The summed E-state index contributed by atoms with van der Waals surface area (Å²) in [4.78, 5) is 0.286. The molecule has 0 bridgehead atoms. The molecular weight excluding hydrogens is 286 g/mol. The van der Waals surface area contributed by atoms with E-state index in [2.05, 4.69) is 6.92 Å². The average molecular weight is 311 g/mol. The van der Waals surface area contributed by atoms with Crippen molar-refractivity contribution in [1.29, 1.82) is 0 Å². The maximum absolute atomic E-state index is 12.9. The summed E-state index contributed by atoms with van der Waals surface area (Å²) in [7, 11) is -3.49. The molecule has 2 rings (SSSR count). The molecule has 21 heavy (non-hydrogen) atoms. The lowest BCUT2D eigenvalue weighted by molar-refractivity contribution is 0.173. The Bertz CT molecular complexity index is 585. The Morgan fingerprint density at radius 2 is 2.05 bits per heavy atom. The van der Waals surface area contributed by atoms with Crippen LogP contribution in [0.3, 0.4) is 0 Å². The highest BCUT2D eigenvalue weighted by atomic mass is 32.2. The van der Waals surface area contributed by atoms with Gasteiger partial charge in [0, 0.05) is 12.6 Å². The van der Waals surface area contributed by atoms with Crippen molar-refractivity contribution in [2.24, 2.45) is 5.92 Å². The van der Waals surface area contributed by atoms with E-state index < -0.39 is 16.1 Å². The summed E-state index contributed by atoms with van der Waals surface area (Å²) in [6.45, 7) is 6.50. The van der Waals surface area contributed by atoms with Crippen LogP contribution >= 0.6 is 0 Å². The highest BCUT2D eigenvalue weighted by molar-refractivity contribution is 7.89. The summed E-state index contributed by atoms with van der Waals surface area (Å²) in [6, 6.07) is 6.74. The minimum atomic E-state index is -3.49. The van der Waals surface area contributed by atoms with E-state index in [0.717, 1.165) is 12.8 Å². The van der Waals surface area contributed by atoms with Gasteiger partial charge >= 0.3 is 0 Å². The van der Waals surface area contributed by atoms with Gasteiger partial charge in [0.2, 0.25) is 10.0 Å². The van der Waals surface area contributed by atoms with Crippen molar-refractivity contribution < 1.29 is 13.5 Å². The number of nitrogens with zero attached hydrogens (tertiary/aromatic N) is 1. The first kappa shape index (κ1) is 16.5. The first-order valence-corrected chi connectivity index (χ1v) is 9.10. The summed E-state index contributed by atoms with van der Waals surface area (Å²) in [5.74, 6) is 0.389. The molecule has 0 aliphatic carbocycles. The number of aliphatic hydroxyl groups excluding tert-OH is 1. The lowest BCUT2D eigenvalue weighted by Gasteiger charge is -2.35. The van der Waals surface area contributed by atoms with Crippen LogP contribution in [0, 0.1) is 5.92 Å². The predicted molar refractivity (Wildman–Crippen MR) is 83.4 cm³/mol. The van der Waals surface area contributed by atoms with Gasteiger partial charge in [-0.2, -0.15) is 4.31 Å². The van der Waals surface area contributed by atoms with Crippen LogP contribution in [0.1, 0.15) is 51.7 Å². The fourth-order valence-corrected chi connectivity index (χ4v) is 4.67. The number of benzene rings is 1. The Morgan fingerprint density at radius 3 is 2.71 bits per heavy atom. The van der Waals surface area contributed by atoms with Crippen molar-refractivity contribution in [3.05, 3.63) is 29.8 Å². The van der Waals surface area contributed by atoms with Gasteiger partial charge in [-0.25, -0.2) is 8.42 Å². The third-order valence-corrected chi connectivity index (χ3v) is 6.27. The van der Waals surface area contributed by atoms with Gasteiger partial charge in [0.1, 0.15) is 0 Å². The smallest absolute Gasteiger partial charge is 0.243 e. The SMILES string of the molecule is CCC(O)c1cccc(S(=O)(=O)N2CC(C)CCC2C)c1. The largest absolute Gasteiger partial charge is 0.388 e. The zero-order valence-corrected chi connectivity index (χ0v) is 13.8. The molecule has 0 amide bonds. The number of piperidine rings is 1. The van der Waals surface area contributed by atoms with E-state index in [1.165, 1.54) is 0 Å². The molecular formula is C16H25NO3S. The van der Waals surface area contributed by atoms with Crippen LogP contribution in [0.4, 0.5) is 0 Å². The van der Waals surface area contributed by atoms with Crippen molar-refractivity contribution in [2.45, 2.75) is 57.1 Å². The van der Waals surface area contributed by atoms with Crippen LogP contribution in [0.25, 0.3) is 0 Å². The summed E-state index contributed by atoms with van der Waals surface area (Å²) in [5.41, 5.74) is 0.663. The molecule has 0 spiro atoms. The summed E-state index contributed by atoms with van der Waals surface area (Å²) in [6.07, 6.45) is 1.93. The molecule has 3 unspecified atom stereocenters. The molecule has 1 aliphatic heterocycles. The molecule has 1 aliphatic rings. The molecule has 0 saturated carbocycles. The third-order valence-electron chi connectivity index (χ3n) is 4.30. The van der Waals surface area contributed by atoms with Crippen molar-refractivity contribution >= 4 is 10.0 Å². The highest BCUT2D eigenvalue weighted by Crippen LogP contribution is 2.29. The van der Waals surface area contributed by atoms with Crippen LogP contribution in [0.15, 0.2) is 29.2 Å². The van der Waals surface area contributed by atoms with E-state index in [-0.39, 0.29) is 10.9 Å². The lowest BCUT2D eigenvalue weighted by Crippen LogP contribution is -2.44.